The molecule has 2 atom stereocenters. The highest BCUT2D eigenvalue weighted by atomic mass is 35.5. The maximum Gasteiger partial charge on any atom is 0.383 e. The minimum atomic E-state index is -3.38. The molecule has 6 nitrogen and oxygen atoms in total. The number of fused-ring (bicyclic) bond motifs is 3. The molecule has 0 spiro atoms. The predicted molar refractivity (Wildman–Crippen MR) is 155 cm³/mol. The molecule has 0 N–H and O–H groups in total. The van der Waals surface area contributed by atoms with E-state index < -0.39 is 13.7 Å². The number of nitrogens with zero attached hydrogens (tertiary/aromatic N) is 1. The van der Waals surface area contributed by atoms with Crippen LogP contribution in [0, 0.1) is 0 Å². The standard InChI is InChI=1S/C31H27ClNO5P/c1-35-25-10-12-29-27(17-25)28-18-26(36-2)11-13-30(28)33(29)19-21-6-8-22(9-7-21)20-39(34)37-15-14-31(38-39)23-4-3-5-24(32)16-23/h3-18,31H,19-20H2,1-2H3. The van der Waals surface area contributed by atoms with Gasteiger partial charge in [0.25, 0.3) is 0 Å². The monoisotopic (exact) mass is 559 g/mol. The Bertz CT molecular complexity index is 1680. The van der Waals surface area contributed by atoms with E-state index in [4.69, 9.17) is 30.1 Å². The molecule has 0 radical (unpaired) electrons. The summed E-state index contributed by atoms with van der Waals surface area (Å²) in [6.07, 6.45) is 2.90. The highest BCUT2D eigenvalue weighted by Crippen LogP contribution is 2.57. The largest absolute Gasteiger partial charge is 0.497 e. The molecule has 1 aromatic heterocycles. The van der Waals surface area contributed by atoms with Gasteiger partial charge in [-0.15, -0.1) is 0 Å². The zero-order valence-electron chi connectivity index (χ0n) is 21.5. The van der Waals surface area contributed by atoms with Crippen molar-refractivity contribution in [3.63, 3.8) is 0 Å². The lowest BCUT2D eigenvalue weighted by Gasteiger charge is -2.26. The van der Waals surface area contributed by atoms with Crippen molar-refractivity contribution in [2.75, 3.05) is 14.2 Å². The first kappa shape index (κ1) is 25.6. The molecule has 2 heterocycles. The van der Waals surface area contributed by atoms with Crippen molar-refractivity contribution in [3.05, 3.63) is 119 Å². The van der Waals surface area contributed by atoms with Crippen LogP contribution in [0.5, 0.6) is 11.5 Å². The van der Waals surface area contributed by atoms with E-state index in [1.807, 2.05) is 42.5 Å². The second-order valence-electron chi connectivity index (χ2n) is 9.45. The van der Waals surface area contributed by atoms with Crippen molar-refractivity contribution >= 4 is 41.0 Å². The lowest BCUT2D eigenvalue weighted by Crippen LogP contribution is -2.07. The fourth-order valence-electron chi connectivity index (χ4n) is 5.01. The van der Waals surface area contributed by atoms with Crippen molar-refractivity contribution in [2.24, 2.45) is 0 Å². The predicted octanol–water partition coefficient (Wildman–Crippen LogP) is 8.51. The lowest BCUT2D eigenvalue weighted by atomic mass is 10.1. The van der Waals surface area contributed by atoms with Gasteiger partial charge in [0.2, 0.25) is 0 Å². The Hall–Kier alpha value is -3.70. The lowest BCUT2D eigenvalue weighted by molar-refractivity contribution is 0.185. The quantitative estimate of drug-likeness (QED) is 0.187. The Morgan fingerprint density at radius 2 is 1.49 bits per heavy atom. The molecule has 4 aromatic carbocycles. The average molecular weight is 560 g/mol. The highest BCUT2D eigenvalue weighted by Gasteiger charge is 2.32. The van der Waals surface area contributed by atoms with Crippen LogP contribution in [0.3, 0.4) is 0 Å². The van der Waals surface area contributed by atoms with Crippen LogP contribution in [-0.2, 0) is 26.3 Å². The first-order valence-electron chi connectivity index (χ1n) is 12.5. The van der Waals surface area contributed by atoms with E-state index in [2.05, 4.69) is 41.0 Å². The number of halogens is 1. The summed E-state index contributed by atoms with van der Waals surface area (Å²) in [5, 5.41) is 2.81. The summed E-state index contributed by atoms with van der Waals surface area (Å²) >= 11 is 6.13. The summed E-state index contributed by atoms with van der Waals surface area (Å²) in [5.41, 5.74) is 5.04. The number of benzene rings is 4. The second kappa shape index (κ2) is 10.5. The molecule has 1 aliphatic heterocycles. The molecule has 8 heteroatoms. The van der Waals surface area contributed by atoms with Crippen LogP contribution in [0.4, 0.5) is 0 Å². The van der Waals surface area contributed by atoms with Crippen LogP contribution in [0.15, 0.2) is 97.3 Å². The molecular formula is C31H27ClNO5P. The first-order chi connectivity index (χ1) is 18.9. The molecule has 39 heavy (non-hydrogen) atoms. The van der Waals surface area contributed by atoms with E-state index in [-0.39, 0.29) is 6.16 Å². The molecule has 0 saturated heterocycles. The maximum absolute atomic E-state index is 13.5. The number of aromatic nitrogens is 1. The number of hydrogen-bond acceptors (Lipinski definition) is 5. The van der Waals surface area contributed by atoms with Crippen LogP contribution in [0.25, 0.3) is 21.8 Å². The molecule has 0 aliphatic carbocycles. The van der Waals surface area contributed by atoms with Gasteiger partial charge in [0, 0.05) is 33.4 Å². The Morgan fingerprint density at radius 1 is 0.846 bits per heavy atom. The molecule has 2 unspecified atom stereocenters. The average Bonchev–Trinajstić information content (AvgIpc) is 3.25. The molecule has 5 aromatic rings. The summed E-state index contributed by atoms with van der Waals surface area (Å²) in [4.78, 5) is 0. The van der Waals surface area contributed by atoms with Crippen molar-refractivity contribution in [1.29, 1.82) is 0 Å². The number of rotatable bonds is 7. The number of methoxy groups -OCH3 is 2. The van der Waals surface area contributed by atoms with Crippen molar-refractivity contribution in [3.8, 4) is 11.5 Å². The molecular weight excluding hydrogens is 533 g/mol. The van der Waals surface area contributed by atoms with Crippen LogP contribution < -0.4 is 9.47 Å². The second-order valence-corrected chi connectivity index (χ2v) is 11.8. The normalized spacial score (nSPS) is 18.8. The van der Waals surface area contributed by atoms with Gasteiger partial charge in [0.05, 0.1) is 26.6 Å². The van der Waals surface area contributed by atoms with Gasteiger partial charge in [-0.1, -0.05) is 48.0 Å². The van der Waals surface area contributed by atoms with Crippen LogP contribution in [0.1, 0.15) is 22.8 Å². The minimum absolute atomic E-state index is 0.170. The van der Waals surface area contributed by atoms with Gasteiger partial charge >= 0.3 is 7.60 Å². The summed E-state index contributed by atoms with van der Waals surface area (Å²) < 4.78 is 38.1. The van der Waals surface area contributed by atoms with Crippen LogP contribution in [-0.4, -0.2) is 18.8 Å². The Morgan fingerprint density at radius 3 is 2.10 bits per heavy atom. The summed E-state index contributed by atoms with van der Waals surface area (Å²) in [6, 6.07) is 27.7. The summed E-state index contributed by atoms with van der Waals surface area (Å²) in [6.45, 7) is 0.670. The van der Waals surface area contributed by atoms with E-state index in [0.29, 0.717) is 11.6 Å². The molecule has 1 aliphatic rings. The Kier molecular flexibility index (Phi) is 6.86. The highest BCUT2D eigenvalue weighted by molar-refractivity contribution is 7.53. The third-order valence-corrected chi connectivity index (χ3v) is 8.92. The maximum atomic E-state index is 13.5. The van der Waals surface area contributed by atoms with Crippen LogP contribution >= 0.6 is 19.2 Å². The Balaban J connectivity index is 1.25. The van der Waals surface area contributed by atoms with E-state index >= 15 is 0 Å². The van der Waals surface area contributed by atoms with E-state index in [1.165, 1.54) is 6.26 Å². The summed E-state index contributed by atoms with van der Waals surface area (Å²) in [5.74, 6) is 1.62. The van der Waals surface area contributed by atoms with E-state index in [1.54, 1.807) is 26.4 Å². The first-order valence-corrected chi connectivity index (χ1v) is 14.6. The fourth-order valence-corrected chi connectivity index (χ4v) is 6.85. The number of hydrogen-bond donors (Lipinski definition) is 0. The molecule has 6 rings (SSSR count). The molecule has 0 fully saturated rings. The molecule has 0 amide bonds. The van der Waals surface area contributed by atoms with Gasteiger partial charge in [-0.3, -0.25) is 4.52 Å². The minimum Gasteiger partial charge on any atom is -0.497 e. The zero-order valence-corrected chi connectivity index (χ0v) is 23.2. The van der Waals surface area contributed by atoms with E-state index in [0.717, 1.165) is 50.0 Å². The van der Waals surface area contributed by atoms with Crippen LogP contribution in [0.2, 0.25) is 5.02 Å². The van der Waals surface area contributed by atoms with Crippen molar-refractivity contribution in [2.45, 2.75) is 18.8 Å². The number of ether oxygens (including phenoxy) is 2. The zero-order chi connectivity index (χ0) is 27.0. The topological polar surface area (TPSA) is 58.9 Å². The van der Waals surface area contributed by atoms with E-state index in [9.17, 15) is 4.57 Å². The molecule has 198 valence electrons. The third-order valence-electron chi connectivity index (χ3n) is 6.95. The Labute approximate surface area is 231 Å². The molecule has 0 bridgehead atoms. The third kappa shape index (κ3) is 5.16. The fraction of sp³-hybridized carbons (Fsp3) is 0.161. The smallest absolute Gasteiger partial charge is 0.383 e. The van der Waals surface area contributed by atoms with Gasteiger partial charge in [-0.05, 0) is 71.3 Å². The van der Waals surface area contributed by atoms with Gasteiger partial charge in [-0.25, -0.2) is 4.57 Å². The van der Waals surface area contributed by atoms with Gasteiger partial charge in [0.15, 0.2) is 0 Å². The van der Waals surface area contributed by atoms with Gasteiger partial charge < -0.3 is 18.6 Å². The SMILES string of the molecule is COc1ccc2c(c1)c1cc(OC)ccc1n2Cc1ccc(CP2(=O)OC=CC(c3cccc(Cl)c3)O2)cc1. The van der Waals surface area contributed by atoms with Crippen molar-refractivity contribution in [1.82, 2.24) is 4.57 Å². The summed E-state index contributed by atoms with van der Waals surface area (Å²) in [7, 11) is -0.0344. The van der Waals surface area contributed by atoms with Gasteiger partial charge in [-0.2, -0.15) is 0 Å². The molecule has 0 saturated carbocycles. The van der Waals surface area contributed by atoms with Crippen molar-refractivity contribution < 1.29 is 23.1 Å². The van der Waals surface area contributed by atoms with Gasteiger partial charge in [0.1, 0.15) is 17.6 Å².